The zero-order valence-electron chi connectivity index (χ0n) is 14.1. The van der Waals surface area contributed by atoms with E-state index >= 15 is 0 Å². The third-order valence-electron chi connectivity index (χ3n) is 3.96. The van der Waals surface area contributed by atoms with Gasteiger partial charge in [-0.25, -0.2) is 9.97 Å². The molecular weight excluding hydrogens is 424 g/mol. The number of hydrazone groups is 1. The smallest absolute Gasteiger partial charge is 0.162 e. The molecule has 0 spiro atoms. The van der Waals surface area contributed by atoms with Gasteiger partial charge in [0.05, 0.1) is 11.7 Å². The molecule has 0 bridgehead atoms. The number of hydrogen-bond donors (Lipinski definition) is 1. The number of hydrogen-bond acceptors (Lipinski definition) is 4. The number of anilines is 1. The molecule has 4 nitrogen and oxygen atoms in total. The molecule has 4 aromatic rings. The van der Waals surface area contributed by atoms with Crippen molar-refractivity contribution in [1.29, 1.82) is 0 Å². The highest BCUT2D eigenvalue weighted by Crippen LogP contribution is 2.25. The van der Waals surface area contributed by atoms with E-state index in [4.69, 9.17) is 11.6 Å². The summed E-state index contributed by atoms with van der Waals surface area (Å²) >= 11 is 9.41. The highest BCUT2D eigenvalue weighted by Gasteiger charge is 2.08. The fourth-order valence-corrected chi connectivity index (χ4v) is 3.00. The first-order valence-corrected chi connectivity index (χ1v) is 9.43. The zero-order chi connectivity index (χ0) is 18.6. The lowest BCUT2D eigenvalue weighted by Gasteiger charge is -2.08. The summed E-state index contributed by atoms with van der Waals surface area (Å²) in [4.78, 5) is 9.32. The molecule has 0 radical (unpaired) electrons. The Labute approximate surface area is 170 Å². The molecule has 4 rings (SSSR count). The van der Waals surface area contributed by atoms with Gasteiger partial charge in [-0.3, -0.25) is 5.43 Å². The molecule has 0 saturated carbocycles. The lowest BCUT2D eigenvalue weighted by Crippen LogP contribution is -1.99. The highest BCUT2D eigenvalue weighted by molar-refractivity contribution is 9.10. The Hall–Kier alpha value is -2.76. The van der Waals surface area contributed by atoms with Gasteiger partial charge in [-0.15, -0.1) is 0 Å². The maximum Gasteiger partial charge on any atom is 0.162 e. The fraction of sp³-hybridized carbons (Fsp3) is 0. The van der Waals surface area contributed by atoms with Gasteiger partial charge in [-0.2, -0.15) is 5.10 Å². The van der Waals surface area contributed by atoms with Crippen LogP contribution >= 0.6 is 27.5 Å². The second-order valence-electron chi connectivity index (χ2n) is 5.84. The number of benzene rings is 3. The monoisotopic (exact) mass is 436 g/mol. The summed E-state index contributed by atoms with van der Waals surface area (Å²) in [5.41, 5.74) is 5.78. The lowest BCUT2D eigenvalue weighted by molar-refractivity contribution is 1.19. The van der Waals surface area contributed by atoms with E-state index in [0.717, 1.165) is 26.5 Å². The van der Waals surface area contributed by atoms with Crippen molar-refractivity contribution < 1.29 is 0 Å². The van der Waals surface area contributed by atoms with Crippen molar-refractivity contribution in [3.63, 3.8) is 0 Å². The van der Waals surface area contributed by atoms with Crippen molar-refractivity contribution in [2.75, 3.05) is 5.43 Å². The van der Waals surface area contributed by atoms with Gasteiger partial charge in [-0.1, -0.05) is 51.8 Å². The Morgan fingerprint density at radius 1 is 0.889 bits per heavy atom. The van der Waals surface area contributed by atoms with E-state index in [9.17, 15) is 0 Å². The third kappa shape index (κ3) is 4.15. The van der Waals surface area contributed by atoms with E-state index in [-0.39, 0.29) is 0 Å². The van der Waals surface area contributed by atoms with Crippen molar-refractivity contribution in [2.24, 2.45) is 5.10 Å². The molecule has 0 unspecified atom stereocenters. The molecule has 0 amide bonds. The Balaban J connectivity index is 1.70. The van der Waals surface area contributed by atoms with E-state index in [1.54, 1.807) is 6.21 Å². The first kappa shape index (κ1) is 17.6. The standard InChI is InChI=1S/C21H14BrClN4/c22-16-9-5-14(6-10-16)13-24-27-21-18-3-1-2-4-19(18)25-20(26-21)15-7-11-17(23)12-8-15/h1-13H,(H,25,26,27)/b24-13-. The van der Waals surface area contributed by atoms with Crippen LogP contribution in [-0.4, -0.2) is 16.2 Å². The molecule has 6 heteroatoms. The first-order valence-electron chi connectivity index (χ1n) is 8.26. The highest BCUT2D eigenvalue weighted by atomic mass is 79.9. The number of para-hydroxylation sites is 1. The van der Waals surface area contributed by atoms with Crippen molar-refractivity contribution >= 4 is 50.5 Å². The van der Waals surface area contributed by atoms with Crippen LogP contribution in [0.3, 0.4) is 0 Å². The predicted molar refractivity (Wildman–Crippen MR) is 115 cm³/mol. The topological polar surface area (TPSA) is 50.2 Å². The molecular formula is C21H14BrClN4. The summed E-state index contributed by atoms with van der Waals surface area (Å²) < 4.78 is 1.03. The maximum absolute atomic E-state index is 5.99. The lowest BCUT2D eigenvalue weighted by atomic mass is 10.2. The molecule has 1 N–H and O–H groups in total. The van der Waals surface area contributed by atoms with E-state index < -0.39 is 0 Å². The zero-order valence-corrected chi connectivity index (χ0v) is 16.4. The molecule has 132 valence electrons. The summed E-state index contributed by atoms with van der Waals surface area (Å²) in [7, 11) is 0. The predicted octanol–water partition coefficient (Wildman–Crippen LogP) is 6.16. The van der Waals surface area contributed by atoms with E-state index in [1.165, 1.54) is 0 Å². The maximum atomic E-state index is 5.99. The molecule has 3 aromatic carbocycles. The Kier molecular flexibility index (Phi) is 5.14. The summed E-state index contributed by atoms with van der Waals surface area (Å²) in [6, 6.07) is 23.2. The van der Waals surface area contributed by atoms with Crippen LogP contribution in [0.5, 0.6) is 0 Å². The average molecular weight is 438 g/mol. The molecule has 0 fully saturated rings. The van der Waals surface area contributed by atoms with Crippen molar-refractivity contribution in [2.45, 2.75) is 0 Å². The molecule has 0 aliphatic carbocycles. The number of aromatic nitrogens is 2. The third-order valence-corrected chi connectivity index (χ3v) is 4.74. The van der Waals surface area contributed by atoms with Crippen LogP contribution in [0.15, 0.2) is 82.4 Å². The molecule has 1 aromatic heterocycles. The second-order valence-corrected chi connectivity index (χ2v) is 7.19. The van der Waals surface area contributed by atoms with Gasteiger partial charge < -0.3 is 0 Å². The Morgan fingerprint density at radius 2 is 1.63 bits per heavy atom. The number of nitrogens with one attached hydrogen (secondary N) is 1. The first-order chi connectivity index (χ1) is 13.2. The van der Waals surface area contributed by atoms with Crippen LogP contribution in [0.2, 0.25) is 5.02 Å². The normalized spacial score (nSPS) is 11.2. The van der Waals surface area contributed by atoms with Crippen LogP contribution in [0, 0.1) is 0 Å². The minimum atomic E-state index is 0.617. The van der Waals surface area contributed by atoms with Crippen molar-refractivity contribution in [3.8, 4) is 11.4 Å². The largest absolute Gasteiger partial charge is 0.261 e. The van der Waals surface area contributed by atoms with Crippen molar-refractivity contribution in [3.05, 3.63) is 87.9 Å². The van der Waals surface area contributed by atoms with Crippen LogP contribution in [0.1, 0.15) is 5.56 Å². The average Bonchev–Trinajstić information content (AvgIpc) is 2.70. The number of rotatable bonds is 4. The van der Waals surface area contributed by atoms with Gasteiger partial charge in [-0.05, 0) is 54.1 Å². The minimum absolute atomic E-state index is 0.617. The molecule has 0 saturated heterocycles. The van der Waals surface area contributed by atoms with Crippen LogP contribution in [0.25, 0.3) is 22.3 Å². The van der Waals surface area contributed by atoms with E-state index in [1.807, 2.05) is 72.8 Å². The molecule has 0 aliphatic heterocycles. The minimum Gasteiger partial charge on any atom is -0.261 e. The SMILES string of the molecule is Clc1ccc(-c2nc(N/N=C\c3ccc(Br)cc3)c3ccccc3n2)cc1. The Bertz CT molecular complexity index is 1110. The molecule has 27 heavy (non-hydrogen) atoms. The molecule has 1 heterocycles. The van der Waals surface area contributed by atoms with Gasteiger partial charge in [0.1, 0.15) is 0 Å². The van der Waals surface area contributed by atoms with E-state index in [2.05, 4.69) is 36.4 Å². The van der Waals surface area contributed by atoms with Crippen LogP contribution < -0.4 is 5.43 Å². The Morgan fingerprint density at radius 3 is 2.41 bits per heavy atom. The van der Waals surface area contributed by atoms with Gasteiger partial charge in [0, 0.05) is 20.4 Å². The number of halogens is 2. The summed E-state index contributed by atoms with van der Waals surface area (Å²) in [5.74, 6) is 1.27. The van der Waals surface area contributed by atoms with Gasteiger partial charge in [0.25, 0.3) is 0 Å². The fourth-order valence-electron chi connectivity index (χ4n) is 2.61. The summed E-state index contributed by atoms with van der Waals surface area (Å²) in [6.07, 6.45) is 1.76. The quantitative estimate of drug-likeness (QED) is 0.307. The van der Waals surface area contributed by atoms with Crippen LogP contribution in [-0.2, 0) is 0 Å². The van der Waals surface area contributed by atoms with Crippen LogP contribution in [0.4, 0.5) is 5.82 Å². The number of fused-ring (bicyclic) bond motifs is 1. The van der Waals surface area contributed by atoms with Gasteiger partial charge in [0.2, 0.25) is 0 Å². The van der Waals surface area contributed by atoms with E-state index in [0.29, 0.717) is 16.7 Å². The van der Waals surface area contributed by atoms with Gasteiger partial charge in [0.15, 0.2) is 11.6 Å². The summed E-state index contributed by atoms with van der Waals surface area (Å²) in [5, 5.41) is 5.92. The second kappa shape index (κ2) is 7.86. The molecule has 0 atom stereocenters. The van der Waals surface area contributed by atoms with Gasteiger partial charge >= 0.3 is 0 Å². The van der Waals surface area contributed by atoms with Crippen molar-refractivity contribution in [1.82, 2.24) is 9.97 Å². The number of nitrogens with zero attached hydrogens (tertiary/aromatic N) is 3. The summed E-state index contributed by atoms with van der Waals surface area (Å²) in [6.45, 7) is 0. The molecule has 0 aliphatic rings.